The van der Waals surface area contributed by atoms with Crippen LogP contribution in [0.15, 0.2) is 72.4 Å². The molecule has 2 amide bonds. The number of benzene rings is 3. The molecule has 32 heavy (non-hydrogen) atoms. The Labute approximate surface area is 191 Å². The van der Waals surface area contributed by atoms with E-state index >= 15 is 0 Å². The zero-order chi connectivity index (χ0) is 22.8. The number of rotatable bonds is 6. The van der Waals surface area contributed by atoms with E-state index in [1.54, 1.807) is 66.7 Å². The molecule has 3 aromatic rings. The first-order valence-corrected chi connectivity index (χ1v) is 10.3. The van der Waals surface area contributed by atoms with Gasteiger partial charge >= 0.3 is 0 Å². The van der Waals surface area contributed by atoms with Gasteiger partial charge in [-0.2, -0.15) is 0 Å². The molecule has 4 rings (SSSR count). The van der Waals surface area contributed by atoms with Crippen molar-refractivity contribution in [2.24, 2.45) is 0 Å². The molecule has 162 valence electrons. The van der Waals surface area contributed by atoms with E-state index in [0.717, 1.165) is 10.5 Å². The molecule has 0 aromatic heterocycles. The lowest BCUT2D eigenvalue weighted by molar-refractivity contribution is -0.120. The Kier molecular flexibility index (Phi) is 5.88. The van der Waals surface area contributed by atoms with Crippen LogP contribution in [0.5, 0.6) is 11.5 Å². The third kappa shape index (κ3) is 3.81. The Morgan fingerprint density at radius 2 is 1.66 bits per heavy atom. The predicted molar refractivity (Wildman–Crippen MR) is 125 cm³/mol. The van der Waals surface area contributed by atoms with Crippen molar-refractivity contribution in [3.8, 4) is 11.5 Å². The lowest BCUT2D eigenvalue weighted by Gasteiger charge is -2.16. The van der Waals surface area contributed by atoms with Crippen molar-refractivity contribution in [2.45, 2.75) is 6.92 Å². The van der Waals surface area contributed by atoms with Crippen molar-refractivity contribution in [1.82, 2.24) is 0 Å². The van der Waals surface area contributed by atoms with E-state index in [1.807, 2.05) is 6.92 Å². The first-order valence-electron chi connectivity index (χ1n) is 9.88. The molecular weight excluding hydrogens is 428 g/mol. The second-order valence-corrected chi connectivity index (χ2v) is 7.62. The van der Waals surface area contributed by atoms with Crippen LogP contribution in [0.4, 0.5) is 11.4 Å². The summed E-state index contributed by atoms with van der Waals surface area (Å²) in [6.07, 6.45) is 0. The highest BCUT2D eigenvalue weighted by atomic mass is 35.5. The van der Waals surface area contributed by atoms with E-state index in [0.29, 0.717) is 33.5 Å². The second-order valence-electron chi connectivity index (χ2n) is 7.18. The minimum Gasteiger partial charge on any atom is -0.497 e. The zero-order valence-electron chi connectivity index (χ0n) is 17.8. The van der Waals surface area contributed by atoms with Gasteiger partial charge in [0.05, 0.1) is 25.5 Å². The molecule has 3 aromatic carbocycles. The van der Waals surface area contributed by atoms with E-state index < -0.39 is 11.8 Å². The standard InChI is InChI=1S/C25H21ClN2O4/c1-15-13-16(26)11-12-20(15)27-23-22(19-9-4-5-10-21(19)32-3)24(29)28(25(23)30)17-7-6-8-18(14-17)31-2/h4-14,27H,1-3H3. The van der Waals surface area contributed by atoms with Gasteiger partial charge in [0.2, 0.25) is 0 Å². The molecular formula is C25H21ClN2O4. The maximum Gasteiger partial charge on any atom is 0.282 e. The number of carbonyl (C=O) groups is 2. The van der Waals surface area contributed by atoms with Crippen LogP contribution in [-0.4, -0.2) is 26.0 Å². The number of hydrogen-bond donors (Lipinski definition) is 1. The maximum atomic E-state index is 13.6. The Balaban J connectivity index is 1.87. The number of aryl methyl sites for hydroxylation is 1. The third-order valence-corrected chi connectivity index (χ3v) is 5.45. The largest absolute Gasteiger partial charge is 0.497 e. The smallest absolute Gasteiger partial charge is 0.282 e. The van der Waals surface area contributed by atoms with Gasteiger partial charge in [-0.15, -0.1) is 0 Å². The van der Waals surface area contributed by atoms with E-state index in [4.69, 9.17) is 21.1 Å². The number of amides is 2. The molecule has 0 unspecified atom stereocenters. The Bertz CT molecular complexity index is 1250. The van der Waals surface area contributed by atoms with Gasteiger partial charge in [-0.3, -0.25) is 9.59 Å². The maximum absolute atomic E-state index is 13.6. The molecule has 6 nitrogen and oxygen atoms in total. The average Bonchev–Trinajstić information content (AvgIpc) is 3.04. The third-order valence-electron chi connectivity index (χ3n) is 5.22. The highest BCUT2D eigenvalue weighted by Gasteiger charge is 2.41. The first-order chi connectivity index (χ1) is 15.4. The topological polar surface area (TPSA) is 67.9 Å². The number of methoxy groups -OCH3 is 2. The van der Waals surface area contributed by atoms with Crippen molar-refractivity contribution < 1.29 is 19.1 Å². The lowest BCUT2D eigenvalue weighted by atomic mass is 10.0. The summed E-state index contributed by atoms with van der Waals surface area (Å²) in [4.78, 5) is 28.3. The Morgan fingerprint density at radius 1 is 0.875 bits per heavy atom. The molecule has 1 heterocycles. The number of hydrogen-bond acceptors (Lipinski definition) is 5. The molecule has 1 aliphatic rings. The van der Waals surface area contributed by atoms with E-state index in [1.165, 1.54) is 14.2 Å². The van der Waals surface area contributed by atoms with Gasteiger partial charge in [-0.1, -0.05) is 35.9 Å². The summed E-state index contributed by atoms with van der Waals surface area (Å²) in [6.45, 7) is 1.87. The molecule has 0 bridgehead atoms. The fourth-order valence-corrected chi connectivity index (χ4v) is 3.86. The van der Waals surface area contributed by atoms with Crippen LogP contribution in [-0.2, 0) is 9.59 Å². The van der Waals surface area contributed by atoms with Gasteiger partial charge in [0.25, 0.3) is 11.8 Å². The van der Waals surface area contributed by atoms with Crippen LogP contribution >= 0.6 is 11.6 Å². The molecule has 0 atom stereocenters. The normalized spacial score (nSPS) is 13.6. The van der Waals surface area contributed by atoms with E-state index in [9.17, 15) is 9.59 Å². The van der Waals surface area contributed by atoms with Gasteiger partial charge in [-0.05, 0) is 48.9 Å². The van der Waals surface area contributed by atoms with Crippen LogP contribution < -0.4 is 19.7 Å². The Morgan fingerprint density at radius 3 is 2.38 bits per heavy atom. The van der Waals surface area contributed by atoms with Gasteiger partial charge in [0, 0.05) is 22.3 Å². The van der Waals surface area contributed by atoms with Gasteiger partial charge in [0.1, 0.15) is 17.2 Å². The number of para-hydroxylation sites is 1. The molecule has 0 saturated heterocycles. The molecule has 0 spiro atoms. The molecule has 1 N–H and O–H groups in total. The fraction of sp³-hybridized carbons (Fsp3) is 0.120. The Hall–Kier alpha value is -3.77. The SMILES string of the molecule is COc1cccc(N2C(=O)C(Nc3ccc(Cl)cc3C)=C(c3ccccc3OC)C2=O)c1. The van der Waals surface area contributed by atoms with Crippen LogP contribution in [0.1, 0.15) is 11.1 Å². The predicted octanol–water partition coefficient (Wildman–Crippen LogP) is 5.06. The van der Waals surface area contributed by atoms with Gasteiger partial charge in [-0.25, -0.2) is 4.90 Å². The number of anilines is 2. The van der Waals surface area contributed by atoms with Crippen molar-refractivity contribution in [3.63, 3.8) is 0 Å². The van der Waals surface area contributed by atoms with Crippen molar-refractivity contribution >= 4 is 40.4 Å². The van der Waals surface area contributed by atoms with Crippen molar-refractivity contribution in [1.29, 1.82) is 0 Å². The summed E-state index contributed by atoms with van der Waals surface area (Å²) >= 11 is 6.08. The van der Waals surface area contributed by atoms with Crippen LogP contribution in [0.2, 0.25) is 5.02 Å². The fourth-order valence-electron chi connectivity index (χ4n) is 3.63. The summed E-state index contributed by atoms with van der Waals surface area (Å²) < 4.78 is 10.7. The number of nitrogens with zero attached hydrogens (tertiary/aromatic N) is 1. The molecule has 0 saturated carbocycles. The van der Waals surface area contributed by atoms with Gasteiger partial charge < -0.3 is 14.8 Å². The number of imide groups is 1. The summed E-state index contributed by atoms with van der Waals surface area (Å²) in [5, 5.41) is 3.75. The summed E-state index contributed by atoms with van der Waals surface area (Å²) in [5.41, 5.74) is 2.83. The number of ether oxygens (including phenoxy) is 2. The summed E-state index contributed by atoms with van der Waals surface area (Å²) in [5.74, 6) is 0.0977. The highest BCUT2D eigenvalue weighted by Crippen LogP contribution is 2.38. The second kappa shape index (κ2) is 8.77. The molecule has 1 aliphatic heterocycles. The minimum atomic E-state index is -0.474. The molecule has 7 heteroatoms. The van der Waals surface area contributed by atoms with Crippen LogP contribution in [0.25, 0.3) is 5.57 Å². The van der Waals surface area contributed by atoms with Gasteiger partial charge in [0.15, 0.2) is 0 Å². The first kappa shape index (κ1) is 21.5. The molecule has 0 fully saturated rings. The molecule has 0 radical (unpaired) electrons. The molecule has 0 aliphatic carbocycles. The lowest BCUT2D eigenvalue weighted by Crippen LogP contribution is -2.32. The van der Waals surface area contributed by atoms with Crippen molar-refractivity contribution in [3.05, 3.63) is 88.6 Å². The quantitative estimate of drug-likeness (QED) is 0.534. The van der Waals surface area contributed by atoms with Crippen LogP contribution in [0, 0.1) is 6.92 Å². The minimum absolute atomic E-state index is 0.160. The number of nitrogens with one attached hydrogen (secondary N) is 1. The van der Waals surface area contributed by atoms with Crippen LogP contribution in [0.3, 0.4) is 0 Å². The van der Waals surface area contributed by atoms with E-state index in [-0.39, 0.29) is 11.3 Å². The summed E-state index contributed by atoms with van der Waals surface area (Å²) in [7, 11) is 3.05. The highest BCUT2D eigenvalue weighted by molar-refractivity contribution is 6.46. The summed E-state index contributed by atoms with van der Waals surface area (Å²) in [6, 6.07) is 19.2. The number of carbonyl (C=O) groups excluding carboxylic acids is 2. The average molecular weight is 449 g/mol. The zero-order valence-corrected chi connectivity index (χ0v) is 18.6. The monoisotopic (exact) mass is 448 g/mol. The van der Waals surface area contributed by atoms with Crippen molar-refractivity contribution in [2.75, 3.05) is 24.4 Å². The van der Waals surface area contributed by atoms with E-state index in [2.05, 4.69) is 5.32 Å². The number of halogens is 1.